The summed E-state index contributed by atoms with van der Waals surface area (Å²) < 4.78 is 5.87. The molecular formula is C28H40O6. The third-order valence-corrected chi connectivity index (χ3v) is 8.95. The van der Waals surface area contributed by atoms with Crippen molar-refractivity contribution < 1.29 is 29.1 Å². The lowest BCUT2D eigenvalue weighted by Crippen LogP contribution is -2.61. The molecule has 6 nitrogen and oxygen atoms in total. The van der Waals surface area contributed by atoms with E-state index in [1.54, 1.807) is 20.8 Å². The van der Waals surface area contributed by atoms with Crippen molar-refractivity contribution in [3.8, 4) is 5.75 Å². The fraction of sp³-hybridized carbons (Fsp3) is 0.750. The molecule has 0 radical (unpaired) electrons. The van der Waals surface area contributed by atoms with Gasteiger partial charge in [0.1, 0.15) is 5.75 Å². The van der Waals surface area contributed by atoms with Gasteiger partial charge in [-0.3, -0.25) is 4.79 Å². The van der Waals surface area contributed by atoms with Gasteiger partial charge >= 0.3 is 0 Å². The Balaban J connectivity index is 1.18. The maximum atomic E-state index is 11.7. The van der Waals surface area contributed by atoms with Gasteiger partial charge in [0.15, 0.2) is 11.4 Å². The van der Waals surface area contributed by atoms with Gasteiger partial charge in [-0.1, -0.05) is 26.0 Å². The van der Waals surface area contributed by atoms with Crippen molar-refractivity contribution in [3.63, 3.8) is 0 Å². The van der Waals surface area contributed by atoms with Crippen LogP contribution in [0.5, 0.6) is 5.75 Å². The third-order valence-electron chi connectivity index (χ3n) is 8.95. The molecular weight excluding hydrogens is 432 g/mol. The summed E-state index contributed by atoms with van der Waals surface area (Å²) in [5, 5.41) is 0. The molecule has 188 valence electrons. The molecule has 1 aliphatic heterocycles. The molecule has 4 aliphatic rings. The number of rotatable bonds is 4. The van der Waals surface area contributed by atoms with Crippen LogP contribution in [-0.2, 0) is 24.3 Å². The molecule has 1 aromatic carbocycles. The van der Waals surface area contributed by atoms with E-state index < -0.39 is 17.2 Å². The molecule has 6 heteroatoms. The molecule has 0 aromatic heterocycles. The maximum Gasteiger partial charge on any atom is 0.239 e. The van der Waals surface area contributed by atoms with Gasteiger partial charge in [0.05, 0.1) is 0 Å². The molecule has 5 rings (SSSR count). The van der Waals surface area contributed by atoms with Crippen molar-refractivity contribution >= 4 is 5.78 Å². The van der Waals surface area contributed by atoms with Gasteiger partial charge in [-0.2, -0.15) is 19.6 Å². The minimum absolute atomic E-state index is 0.00768. The van der Waals surface area contributed by atoms with Gasteiger partial charge in [0, 0.05) is 24.7 Å². The van der Waals surface area contributed by atoms with Crippen LogP contribution in [-0.4, -0.2) is 23.0 Å². The molecule has 1 heterocycles. The maximum absolute atomic E-state index is 11.7. The summed E-state index contributed by atoms with van der Waals surface area (Å²) >= 11 is 0. The first-order valence-corrected chi connectivity index (χ1v) is 13.1. The van der Waals surface area contributed by atoms with Gasteiger partial charge in [-0.25, -0.2) is 0 Å². The predicted molar refractivity (Wildman–Crippen MR) is 127 cm³/mol. The largest absolute Gasteiger partial charge is 0.480 e. The molecule has 4 fully saturated rings. The van der Waals surface area contributed by atoms with Crippen LogP contribution in [0, 0.1) is 23.7 Å². The lowest BCUT2D eigenvalue weighted by Gasteiger charge is -2.55. The molecule has 34 heavy (non-hydrogen) atoms. The first-order valence-electron chi connectivity index (χ1n) is 13.1. The molecule has 2 bridgehead atoms. The zero-order valence-electron chi connectivity index (χ0n) is 21.3. The Morgan fingerprint density at radius 2 is 1.59 bits per heavy atom. The van der Waals surface area contributed by atoms with Gasteiger partial charge in [0.25, 0.3) is 0 Å². The van der Waals surface area contributed by atoms with Crippen molar-refractivity contribution in [1.82, 2.24) is 0 Å². The molecule has 1 saturated heterocycles. The van der Waals surface area contributed by atoms with Gasteiger partial charge in [-0.15, -0.1) is 0 Å². The van der Waals surface area contributed by atoms with Crippen LogP contribution in [0.2, 0.25) is 0 Å². The molecule has 4 atom stereocenters. The molecule has 4 unspecified atom stereocenters. The highest BCUT2D eigenvalue weighted by atomic mass is 17.4. The summed E-state index contributed by atoms with van der Waals surface area (Å²) in [5.74, 6) is 1.59. The molecule has 1 aromatic rings. The Hall–Kier alpha value is -1.47. The molecule has 3 aliphatic carbocycles. The SMILES string of the molecule is CC(=O)C(C)(C)Oc1ccc(C2CCC3(CC2)OOC2(OO3)C(C)CC3CC(C)CC2C3)cc1. The lowest BCUT2D eigenvalue weighted by atomic mass is 9.62. The second-order valence-electron chi connectivity index (χ2n) is 12.0. The van der Waals surface area contributed by atoms with Crippen LogP contribution in [0.15, 0.2) is 24.3 Å². The number of benzene rings is 1. The topological polar surface area (TPSA) is 63.2 Å². The smallest absolute Gasteiger partial charge is 0.239 e. The van der Waals surface area contributed by atoms with E-state index >= 15 is 0 Å². The van der Waals surface area contributed by atoms with E-state index in [1.807, 2.05) is 12.1 Å². The Bertz CT molecular complexity index is 871. The number of Topliss-reactive ketones (excluding diaryl/α,β-unsaturated/α-hetero) is 1. The summed E-state index contributed by atoms with van der Waals surface area (Å²) in [5.41, 5.74) is 0.443. The molecule has 0 amide bonds. The van der Waals surface area contributed by atoms with Crippen molar-refractivity contribution in [3.05, 3.63) is 29.8 Å². The third kappa shape index (κ3) is 4.43. The summed E-state index contributed by atoms with van der Waals surface area (Å²) in [6, 6.07) is 8.11. The number of ether oxygens (including phenoxy) is 1. The Morgan fingerprint density at radius 3 is 2.21 bits per heavy atom. The van der Waals surface area contributed by atoms with Crippen LogP contribution < -0.4 is 4.74 Å². The van der Waals surface area contributed by atoms with Gasteiger partial charge in [-0.05, 0) is 94.7 Å². The fourth-order valence-electron chi connectivity index (χ4n) is 6.68. The predicted octanol–water partition coefficient (Wildman–Crippen LogP) is 6.49. The number of carbonyl (C=O) groups is 1. The number of fused-ring (bicyclic) bond motifs is 3. The zero-order valence-corrected chi connectivity index (χ0v) is 21.3. The van der Waals surface area contributed by atoms with Crippen LogP contribution in [0.25, 0.3) is 0 Å². The van der Waals surface area contributed by atoms with Gasteiger partial charge < -0.3 is 4.74 Å². The number of carbonyl (C=O) groups excluding carboxylic acids is 1. The van der Waals surface area contributed by atoms with E-state index in [-0.39, 0.29) is 11.7 Å². The number of ketones is 1. The average Bonchev–Trinajstić information content (AvgIpc) is 2.79. The van der Waals surface area contributed by atoms with E-state index in [0.717, 1.165) is 50.9 Å². The van der Waals surface area contributed by atoms with E-state index in [4.69, 9.17) is 24.3 Å². The highest BCUT2D eigenvalue weighted by Gasteiger charge is 2.60. The van der Waals surface area contributed by atoms with Crippen molar-refractivity contribution in [2.75, 3.05) is 0 Å². The summed E-state index contributed by atoms with van der Waals surface area (Å²) in [6.07, 6.45) is 7.96. The van der Waals surface area contributed by atoms with E-state index in [1.165, 1.54) is 12.0 Å². The molecule has 3 saturated carbocycles. The average molecular weight is 473 g/mol. The van der Waals surface area contributed by atoms with Crippen LogP contribution >= 0.6 is 0 Å². The number of hydrogen-bond donors (Lipinski definition) is 0. The second kappa shape index (κ2) is 8.88. The zero-order chi connectivity index (χ0) is 24.1. The first kappa shape index (κ1) is 24.2. The van der Waals surface area contributed by atoms with Crippen LogP contribution in [0.3, 0.4) is 0 Å². The standard InChI is InChI=1S/C28H40O6/c1-18-14-21-16-19(2)28(24(15-18)17-21)33-31-27(32-34-28)12-10-23(11-13-27)22-6-8-25(9-7-22)30-26(4,5)20(3)29/h6-9,18-19,21,23-24H,10-17H2,1-5H3. The quantitative estimate of drug-likeness (QED) is 0.467. The van der Waals surface area contributed by atoms with E-state index in [0.29, 0.717) is 23.5 Å². The molecule has 0 N–H and O–H groups in total. The van der Waals surface area contributed by atoms with Crippen LogP contribution in [0.4, 0.5) is 0 Å². The van der Waals surface area contributed by atoms with Gasteiger partial charge in [0.2, 0.25) is 11.6 Å². The Labute approximate surface area is 203 Å². The Morgan fingerprint density at radius 1 is 0.941 bits per heavy atom. The minimum Gasteiger partial charge on any atom is -0.480 e. The van der Waals surface area contributed by atoms with Crippen LogP contribution in [0.1, 0.15) is 97.5 Å². The monoisotopic (exact) mass is 472 g/mol. The van der Waals surface area contributed by atoms with Crippen molar-refractivity contribution in [1.29, 1.82) is 0 Å². The first-order chi connectivity index (χ1) is 16.1. The van der Waals surface area contributed by atoms with Crippen molar-refractivity contribution in [2.45, 2.75) is 109 Å². The summed E-state index contributed by atoms with van der Waals surface area (Å²) in [4.78, 5) is 36.3. The normalized spacial score (nSPS) is 40.3. The highest BCUT2D eigenvalue weighted by Crippen LogP contribution is 2.55. The second-order valence-corrected chi connectivity index (χ2v) is 12.0. The summed E-state index contributed by atoms with van der Waals surface area (Å²) in [6.45, 7) is 9.69. The minimum atomic E-state index is -0.821. The molecule has 2 spiro atoms. The highest BCUT2D eigenvalue weighted by molar-refractivity contribution is 5.84. The summed E-state index contributed by atoms with van der Waals surface area (Å²) in [7, 11) is 0. The van der Waals surface area contributed by atoms with E-state index in [2.05, 4.69) is 26.0 Å². The lowest BCUT2D eigenvalue weighted by molar-refractivity contribution is -0.677. The van der Waals surface area contributed by atoms with E-state index in [9.17, 15) is 4.79 Å². The van der Waals surface area contributed by atoms with Crippen molar-refractivity contribution in [2.24, 2.45) is 23.7 Å². The Kier molecular flexibility index (Phi) is 6.33. The number of hydrogen-bond acceptors (Lipinski definition) is 6. The fourth-order valence-corrected chi connectivity index (χ4v) is 6.68.